The number of aromatic amines is 1. The molecule has 0 radical (unpaired) electrons. The highest BCUT2D eigenvalue weighted by atomic mass is 35.5. The summed E-state index contributed by atoms with van der Waals surface area (Å²) >= 11 is 11.6. The van der Waals surface area contributed by atoms with Crippen LogP contribution in [0.15, 0.2) is 41.4 Å². The Kier molecular flexibility index (Phi) is 9.75. The summed E-state index contributed by atoms with van der Waals surface area (Å²) in [5.41, 5.74) is 3.25. The summed E-state index contributed by atoms with van der Waals surface area (Å²) in [7, 11) is 0. The second-order valence-electron chi connectivity index (χ2n) is 5.48. The van der Waals surface area contributed by atoms with E-state index in [9.17, 15) is 4.79 Å². The van der Waals surface area contributed by atoms with Gasteiger partial charge in [-0.3, -0.25) is 4.79 Å². The van der Waals surface area contributed by atoms with Gasteiger partial charge in [-0.1, -0.05) is 55.4 Å². The Morgan fingerprint density at radius 3 is 2.60 bits per heavy atom. The zero-order valence-electron chi connectivity index (χ0n) is 14.6. The Labute approximate surface area is 159 Å². The minimum Gasteiger partial charge on any atom is -0.359 e. The monoisotopic (exact) mass is 378 g/mol. The maximum absolute atomic E-state index is 10.00. The van der Waals surface area contributed by atoms with Crippen LogP contribution in [0.25, 0.3) is 12.7 Å². The maximum Gasteiger partial charge on any atom is 0.207 e. The Morgan fingerprint density at radius 2 is 2.04 bits per heavy atom. The number of allylic oxidation sites excluding steroid dienone is 2. The summed E-state index contributed by atoms with van der Waals surface area (Å²) < 4.78 is 0. The molecular formula is C20H24Cl2N2O. The van der Waals surface area contributed by atoms with Gasteiger partial charge in [-0.2, -0.15) is 0 Å². The molecule has 2 aromatic rings. The highest BCUT2D eigenvalue weighted by Crippen LogP contribution is 2.07. The van der Waals surface area contributed by atoms with Crippen molar-refractivity contribution in [2.45, 2.75) is 32.7 Å². The van der Waals surface area contributed by atoms with Crippen LogP contribution in [0.1, 0.15) is 30.2 Å². The quantitative estimate of drug-likeness (QED) is 0.583. The molecular weight excluding hydrogens is 355 g/mol. The second-order valence-corrected chi connectivity index (χ2v) is 6.18. The zero-order chi connectivity index (χ0) is 18.7. The maximum atomic E-state index is 10.00. The highest BCUT2D eigenvalue weighted by molar-refractivity contribution is 6.33. The number of hydrogen-bond acceptors (Lipinski definition) is 1. The molecule has 134 valence electrons. The topological polar surface area (TPSA) is 44.9 Å². The van der Waals surface area contributed by atoms with Crippen molar-refractivity contribution < 1.29 is 4.79 Å². The molecule has 0 aliphatic heterocycles. The summed E-state index contributed by atoms with van der Waals surface area (Å²) in [6.07, 6.45) is 5.54. The van der Waals surface area contributed by atoms with Crippen molar-refractivity contribution >= 4 is 42.3 Å². The number of hydrogen-bond donors (Lipinski definition) is 2. The van der Waals surface area contributed by atoms with Crippen LogP contribution in [0, 0.1) is 6.92 Å². The van der Waals surface area contributed by atoms with E-state index < -0.39 is 0 Å². The Morgan fingerprint density at radius 1 is 1.32 bits per heavy atom. The van der Waals surface area contributed by atoms with Gasteiger partial charge in [0.05, 0.1) is 0 Å². The average molecular weight is 379 g/mol. The fourth-order valence-electron chi connectivity index (χ4n) is 2.18. The van der Waals surface area contributed by atoms with Crippen molar-refractivity contribution in [3.63, 3.8) is 0 Å². The van der Waals surface area contributed by atoms with Gasteiger partial charge in [0, 0.05) is 33.7 Å². The van der Waals surface area contributed by atoms with Crippen LogP contribution < -0.4 is 15.9 Å². The molecule has 0 fully saturated rings. The van der Waals surface area contributed by atoms with Crippen molar-refractivity contribution in [3.05, 3.63) is 68.8 Å². The fourth-order valence-corrected chi connectivity index (χ4v) is 2.62. The standard InChI is InChI=1S/C11H14ClN.C9H10ClNO/c1-4-5-11(12)7-10-6-8(2)13-9(10)3;10-5-8-2-1-3-9(4-8)6-11-7-12/h5-7,13H,3-4H2,1-2H3;1-4,7H,5-6H2,(H,11,12)/b10-7-,11-5+;. The van der Waals surface area contributed by atoms with Crippen LogP contribution in [0.2, 0.25) is 0 Å². The largest absolute Gasteiger partial charge is 0.359 e. The van der Waals surface area contributed by atoms with Crippen LogP contribution in [0.5, 0.6) is 0 Å². The summed E-state index contributed by atoms with van der Waals surface area (Å²) in [4.78, 5) is 13.1. The van der Waals surface area contributed by atoms with Gasteiger partial charge in [0.1, 0.15) is 0 Å². The third-order valence-electron chi connectivity index (χ3n) is 3.30. The Hall–Kier alpha value is -1.97. The number of aryl methyl sites for hydroxylation is 1. The number of alkyl halides is 1. The van der Waals surface area contributed by atoms with E-state index in [1.807, 2.05) is 49.4 Å². The first-order chi connectivity index (χ1) is 12.0. The lowest BCUT2D eigenvalue weighted by atomic mass is 10.1. The van der Waals surface area contributed by atoms with E-state index in [1.54, 1.807) is 0 Å². The molecule has 5 heteroatoms. The second kappa shape index (κ2) is 11.6. The first-order valence-corrected chi connectivity index (χ1v) is 8.94. The van der Waals surface area contributed by atoms with Crippen LogP contribution in [-0.4, -0.2) is 11.4 Å². The number of halogens is 2. The molecule has 0 unspecified atom stereocenters. The normalized spacial score (nSPS) is 11.7. The third-order valence-corrected chi connectivity index (χ3v) is 3.87. The lowest BCUT2D eigenvalue weighted by Gasteiger charge is -2.01. The van der Waals surface area contributed by atoms with Gasteiger partial charge in [0.25, 0.3) is 0 Å². The van der Waals surface area contributed by atoms with E-state index in [0.29, 0.717) is 18.8 Å². The number of aromatic nitrogens is 1. The lowest BCUT2D eigenvalue weighted by molar-refractivity contribution is -0.109. The molecule has 0 aliphatic carbocycles. The van der Waals surface area contributed by atoms with Crippen molar-refractivity contribution in [2.75, 3.05) is 0 Å². The van der Waals surface area contributed by atoms with Crippen molar-refractivity contribution in [2.24, 2.45) is 0 Å². The SMILES string of the molecule is C=c1[nH]c(C)c/c1=C/C(Cl)=C\CC.O=CNCc1cccc(CCl)c1. The molecule has 25 heavy (non-hydrogen) atoms. The summed E-state index contributed by atoms with van der Waals surface area (Å²) in [6, 6.07) is 9.85. The van der Waals surface area contributed by atoms with Crippen LogP contribution in [0.4, 0.5) is 0 Å². The van der Waals surface area contributed by atoms with Gasteiger partial charge in [-0.05, 0) is 36.6 Å². The first kappa shape index (κ1) is 21.1. The predicted molar refractivity (Wildman–Crippen MR) is 108 cm³/mol. The molecule has 2 rings (SSSR count). The van der Waals surface area contributed by atoms with Gasteiger partial charge in [0.15, 0.2) is 0 Å². The predicted octanol–water partition coefficient (Wildman–Crippen LogP) is 3.72. The molecule has 2 N–H and O–H groups in total. The number of benzene rings is 1. The van der Waals surface area contributed by atoms with Gasteiger partial charge in [0.2, 0.25) is 6.41 Å². The van der Waals surface area contributed by atoms with Crippen LogP contribution in [-0.2, 0) is 17.2 Å². The highest BCUT2D eigenvalue weighted by Gasteiger charge is 1.93. The minimum atomic E-state index is 0.509. The number of amides is 1. The van der Waals surface area contributed by atoms with E-state index in [1.165, 1.54) is 0 Å². The van der Waals surface area contributed by atoms with Crippen LogP contribution in [0.3, 0.4) is 0 Å². The summed E-state index contributed by atoms with van der Waals surface area (Å²) in [6.45, 7) is 8.51. The van der Waals surface area contributed by atoms with E-state index >= 15 is 0 Å². The van der Waals surface area contributed by atoms with Crippen molar-refractivity contribution in [3.8, 4) is 0 Å². The van der Waals surface area contributed by atoms with Gasteiger partial charge in [-0.15, -0.1) is 11.6 Å². The molecule has 0 bridgehead atoms. The number of carbonyl (C=O) groups excluding carboxylic acids is 1. The van der Waals surface area contributed by atoms with Crippen LogP contribution >= 0.6 is 23.2 Å². The van der Waals surface area contributed by atoms with Crippen molar-refractivity contribution in [1.82, 2.24) is 10.3 Å². The van der Waals surface area contributed by atoms with Gasteiger partial charge in [-0.25, -0.2) is 0 Å². The molecule has 1 amide bonds. The van der Waals surface area contributed by atoms with E-state index in [4.69, 9.17) is 23.2 Å². The third kappa shape index (κ3) is 8.10. The molecule has 3 nitrogen and oxygen atoms in total. The molecule has 0 spiro atoms. The fraction of sp³-hybridized carbons (Fsp3) is 0.250. The van der Waals surface area contributed by atoms with E-state index in [2.05, 4.69) is 23.8 Å². The van der Waals surface area contributed by atoms with Crippen molar-refractivity contribution in [1.29, 1.82) is 0 Å². The average Bonchev–Trinajstić information content (AvgIpc) is 2.91. The number of carbonyl (C=O) groups is 1. The van der Waals surface area contributed by atoms with Gasteiger partial charge < -0.3 is 10.3 Å². The Balaban J connectivity index is 0.000000251. The smallest absolute Gasteiger partial charge is 0.207 e. The Bertz CT molecular complexity index is 809. The summed E-state index contributed by atoms with van der Waals surface area (Å²) in [5, 5.41) is 5.34. The molecule has 0 saturated carbocycles. The molecule has 0 saturated heterocycles. The molecule has 0 atom stereocenters. The molecule has 1 aromatic heterocycles. The minimum absolute atomic E-state index is 0.509. The van der Waals surface area contributed by atoms with E-state index in [0.717, 1.165) is 38.8 Å². The molecule has 1 heterocycles. The molecule has 1 aromatic carbocycles. The lowest BCUT2D eigenvalue weighted by Crippen LogP contribution is -2.19. The number of H-pyrrole nitrogens is 1. The molecule has 0 aliphatic rings. The number of nitrogens with one attached hydrogen (secondary N) is 2. The number of rotatable bonds is 6. The first-order valence-electron chi connectivity index (χ1n) is 8.02. The zero-order valence-corrected chi connectivity index (χ0v) is 16.1. The summed E-state index contributed by atoms with van der Waals surface area (Å²) in [5.74, 6) is 0.509. The van der Waals surface area contributed by atoms with E-state index in [-0.39, 0.29) is 0 Å². The van der Waals surface area contributed by atoms with Gasteiger partial charge >= 0.3 is 0 Å².